The van der Waals surface area contributed by atoms with Gasteiger partial charge in [-0.15, -0.1) is 0 Å². The molecule has 2 nitrogen and oxygen atoms in total. The summed E-state index contributed by atoms with van der Waals surface area (Å²) in [5, 5.41) is 4.69. The average Bonchev–Trinajstić information content (AvgIpc) is 2.91. The average molecular weight is 302 g/mol. The van der Waals surface area contributed by atoms with Gasteiger partial charge in [0, 0.05) is 12.3 Å². The van der Waals surface area contributed by atoms with Crippen molar-refractivity contribution in [2.24, 2.45) is 11.0 Å². The summed E-state index contributed by atoms with van der Waals surface area (Å²) in [5.41, 5.74) is 9.18. The summed E-state index contributed by atoms with van der Waals surface area (Å²) in [6.45, 7) is 4.35. The molecule has 2 heteroatoms. The predicted molar refractivity (Wildman–Crippen MR) is 98.7 cm³/mol. The van der Waals surface area contributed by atoms with Crippen molar-refractivity contribution in [1.82, 2.24) is 0 Å². The first kappa shape index (κ1) is 15.3. The van der Waals surface area contributed by atoms with Gasteiger partial charge in [-0.2, -0.15) is 5.10 Å². The maximum Gasteiger partial charge on any atom is 0.0688 e. The van der Waals surface area contributed by atoms with Crippen molar-refractivity contribution >= 4 is 11.4 Å². The van der Waals surface area contributed by atoms with E-state index in [0.29, 0.717) is 5.92 Å². The second-order valence-electron chi connectivity index (χ2n) is 5.97. The zero-order chi connectivity index (χ0) is 16.1. The molecule has 0 radical (unpaired) electrons. The van der Waals surface area contributed by atoms with Gasteiger partial charge in [0.15, 0.2) is 0 Å². The van der Waals surface area contributed by atoms with E-state index in [1.807, 2.05) is 36.4 Å². The van der Waals surface area contributed by atoms with Gasteiger partial charge in [0.25, 0.3) is 0 Å². The van der Waals surface area contributed by atoms with Crippen LogP contribution in [0.1, 0.15) is 25.8 Å². The Morgan fingerprint density at radius 3 is 2.04 bits per heavy atom. The van der Waals surface area contributed by atoms with Crippen molar-refractivity contribution in [2.45, 2.75) is 20.3 Å². The highest BCUT2D eigenvalue weighted by atomic mass is 15.3. The lowest BCUT2D eigenvalue weighted by molar-refractivity contribution is 0.868. The van der Waals surface area contributed by atoms with Crippen molar-refractivity contribution in [2.75, 3.05) is 5.43 Å². The molecule has 0 aromatic heterocycles. The van der Waals surface area contributed by atoms with Gasteiger partial charge in [0.2, 0.25) is 0 Å². The summed E-state index contributed by atoms with van der Waals surface area (Å²) < 4.78 is 0. The Labute approximate surface area is 138 Å². The maximum absolute atomic E-state index is 4.69. The fourth-order valence-corrected chi connectivity index (χ4v) is 2.80. The van der Waals surface area contributed by atoms with Crippen LogP contribution in [0.3, 0.4) is 0 Å². The first-order valence-corrected chi connectivity index (χ1v) is 8.02. The third-order valence-electron chi connectivity index (χ3n) is 4.18. The molecule has 116 valence electrons. The van der Waals surface area contributed by atoms with Crippen LogP contribution in [0, 0.1) is 5.92 Å². The summed E-state index contributed by atoms with van der Waals surface area (Å²) in [5.74, 6) is 0.423. The van der Waals surface area contributed by atoms with Crippen LogP contribution in [0.4, 0.5) is 5.69 Å². The first-order valence-electron chi connectivity index (χ1n) is 8.02. The minimum Gasteiger partial charge on any atom is -0.278 e. The van der Waals surface area contributed by atoms with Crippen molar-refractivity contribution in [3.63, 3.8) is 0 Å². The zero-order valence-electron chi connectivity index (χ0n) is 13.7. The molecule has 0 unspecified atom stereocenters. The highest BCUT2D eigenvalue weighted by molar-refractivity contribution is 6.01. The fourth-order valence-electron chi connectivity index (χ4n) is 2.80. The molecule has 1 aliphatic carbocycles. The SMILES string of the molecule is CC1=CC(CC(=NNc2ccccc2)c2ccccc2)C=C1C. The Kier molecular flexibility index (Phi) is 4.72. The molecule has 2 aromatic rings. The van der Waals surface area contributed by atoms with E-state index in [-0.39, 0.29) is 0 Å². The van der Waals surface area contributed by atoms with Gasteiger partial charge in [0.1, 0.15) is 0 Å². The van der Waals surface area contributed by atoms with Gasteiger partial charge in [0.05, 0.1) is 11.4 Å². The van der Waals surface area contributed by atoms with Crippen molar-refractivity contribution < 1.29 is 0 Å². The third kappa shape index (κ3) is 3.98. The molecule has 0 atom stereocenters. The Morgan fingerprint density at radius 1 is 0.870 bits per heavy atom. The molecule has 23 heavy (non-hydrogen) atoms. The van der Waals surface area contributed by atoms with Crippen LogP contribution in [0.15, 0.2) is 89.1 Å². The number of hydrazone groups is 1. The van der Waals surface area contributed by atoms with E-state index in [1.165, 1.54) is 16.7 Å². The van der Waals surface area contributed by atoms with Gasteiger partial charge in [-0.05, 0) is 31.5 Å². The van der Waals surface area contributed by atoms with Crippen LogP contribution >= 0.6 is 0 Å². The monoisotopic (exact) mass is 302 g/mol. The lowest BCUT2D eigenvalue weighted by Crippen LogP contribution is -2.08. The number of rotatable bonds is 5. The number of nitrogens with zero attached hydrogens (tertiary/aromatic N) is 1. The fraction of sp³-hybridized carbons (Fsp3) is 0.190. The second kappa shape index (κ2) is 7.10. The Hall–Kier alpha value is -2.61. The minimum absolute atomic E-state index is 0.423. The van der Waals surface area contributed by atoms with E-state index in [9.17, 15) is 0 Å². The van der Waals surface area contributed by atoms with Crippen LogP contribution in [0.5, 0.6) is 0 Å². The summed E-state index contributed by atoms with van der Waals surface area (Å²) in [7, 11) is 0. The Bertz CT molecular complexity index is 722. The van der Waals surface area contributed by atoms with Crippen LogP contribution in [0.2, 0.25) is 0 Å². The smallest absolute Gasteiger partial charge is 0.0688 e. The number of nitrogens with one attached hydrogen (secondary N) is 1. The maximum atomic E-state index is 4.69. The number of anilines is 1. The molecule has 0 heterocycles. The lowest BCUT2D eigenvalue weighted by atomic mass is 9.98. The number of para-hydroxylation sites is 1. The van der Waals surface area contributed by atoms with Gasteiger partial charge in [-0.1, -0.05) is 71.8 Å². The van der Waals surface area contributed by atoms with Crippen LogP contribution in [0.25, 0.3) is 0 Å². The number of hydrogen-bond donors (Lipinski definition) is 1. The van der Waals surface area contributed by atoms with E-state index in [2.05, 4.69) is 60.8 Å². The topological polar surface area (TPSA) is 24.4 Å². The summed E-state index contributed by atoms with van der Waals surface area (Å²) in [6, 6.07) is 20.5. The van der Waals surface area contributed by atoms with Gasteiger partial charge >= 0.3 is 0 Å². The number of allylic oxidation sites excluding steroid dienone is 4. The molecule has 0 spiro atoms. The lowest BCUT2D eigenvalue weighted by Gasteiger charge is -2.11. The quantitative estimate of drug-likeness (QED) is 0.579. The van der Waals surface area contributed by atoms with Crippen LogP contribution < -0.4 is 5.43 Å². The summed E-state index contributed by atoms with van der Waals surface area (Å²) in [4.78, 5) is 0. The summed E-state index contributed by atoms with van der Waals surface area (Å²) in [6.07, 6.45) is 5.56. The molecule has 0 saturated heterocycles. The van der Waals surface area contributed by atoms with E-state index in [0.717, 1.165) is 17.8 Å². The molecule has 0 bridgehead atoms. The molecule has 0 amide bonds. The largest absolute Gasteiger partial charge is 0.278 e. The van der Waals surface area contributed by atoms with Gasteiger partial charge in [-0.3, -0.25) is 5.43 Å². The molecule has 0 fully saturated rings. The van der Waals surface area contributed by atoms with E-state index >= 15 is 0 Å². The van der Waals surface area contributed by atoms with Crippen LogP contribution in [-0.2, 0) is 0 Å². The van der Waals surface area contributed by atoms with Crippen molar-refractivity contribution in [3.05, 3.63) is 89.5 Å². The normalized spacial score (nSPS) is 15.3. The molecule has 2 aromatic carbocycles. The molecular formula is C21H22N2. The standard InChI is InChI=1S/C21H22N2/c1-16-13-18(14-17(16)2)15-21(19-9-5-3-6-10-19)23-22-20-11-7-4-8-12-20/h3-14,18,22H,15H2,1-2H3. The number of hydrogen-bond acceptors (Lipinski definition) is 2. The van der Waals surface area contributed by atoms with E-state index in [4.69, 9.17) is 0 Å². The summed E-state index contributed by atoms with van der Waals surface area (Å²) >= 11 is 0. The molecule has 1 N–H and O–H groups in total. The minimum atomic E-state index is 0.423. The highest BCUT2D eigenvalue weighted by Crippen LogP contribution is 2.26. The Balaban J connectivity index is 1.83. The molecule has 1 aliphatic rings. The van der Waals surface area contributed by atoms with Crippen LogP contribution in [-0.4, -0.2) is 5.71 Å². The molecule has 0 aliphatic heterocycles. The van der Waals surface area contributed by atoms with Crippen molar-refractivity contribution in [1.29, 1.82) is 0 Å². The molecular weight excluding hydrogens is 280 g/mol. The predicted octanol–water partition coefficient (Wildman–Crippen LogP) is 5.42. The van der Waals surface area contributed by atoms with E-state index in [1.54, 1.807) is 0 Å². The highest BCUT2D eigenvalue weighted by Gasteiger charge is 2.15. The van der Waals surface area contributed by atoms with Crippen molar-refractivity contribution in [3.8, 4) is 0 Å². The second-order valence-corrected chi connectivity index (χ2v) is 5.97. The Morgan fingerprint density at radius 2 is 1.43 bits per heavy atom. The number of benzene rings is 2. The molecule has 3 rings (SSSR count). The van der Waals surface area contributed by atoms with Gasteiger partial charge in [-0.25, -0.2) is 0 Å². The third-order valence-corrected chi connectivity index (χ3v) is 4.18. The zero-order valence-corrected chi connectivity index (χ0v) is 13.7. The van der Waals surface area contributed by atoms with E-state index < -0.39 is 0 Å². The van der Waals surface area contributed by atoms with Gasteiger partial charge < -0.3 is 0 Å². The molecule has 0 saturated carbocycles. The first-order chi connectivity index (χ1) is 11.2.